The molecule has 0 bridgehead atoms. The van der Waals surface area contributed by atoms with Gasteiger partial charge in [0.25, 0.3) is 0 Å². The van der Waals surface area contributed by atoms with Gasteiger partial charge in [0.2, 0.25) is 0 Å². The number of furan rings is 1. The molecule has 0 saturated carbocycles. The summed E-state index contributed by atoms with van der Waals surface area (Å²) in [7, 11) is 0. The van der Waals surface area contributed by atoms with Crippen LogP contribution in [0.4, 0.5) is 0 Å². The first-order valence-corrected chi connectivity index (χ1v) is 4.47. The first kappa shape index (κ1) is 8.32. The lowest BCUT2D eigenvalue weighted by atomic mass is 10.1. The van der Waals surface area contributed by atoms with Crippen LogP contribution in [0.2, 0.25) is 0 Å². The third-order valence-electron chi connectivity index (χ3n) is 2.28. The number of aryl methyl sites for hydroxylation is 1. The molecule has 1 N–H and O–H groups in total. The van der Waals surface area contributed by atoms with E-state index in [0.717, 1.165) is 23.0 Å². The van der Waals surface area contributed by atoms with E-state index in [-0.39, 0.29) is 6.61 Å². The molecule has 2 heteroatoms. The van der Waals surface area contributed by atoms with Gasteiger partial charge in [-0.05, 0) is 12.5 Å². The van der Waals surface area contributed by atoms with Crippen molar-refractivity contribution in [3.63, 3.8) is 0 Å². The van der Waals surface area contributed by atoms with E-state index in [1.807, 2.05) is 24.3 Å². The number of fused-ring (bicyclic) bond motifs is 1. The van der Waals surface area contributed by atoms with E-state index in [9.17, 15) is 0 Å². The lowest BCUT2D eigenvalue weighted by Gasteiger charge is -1.93. The molecule has 0 atom stereocenters. The second-order valence-electron chi connectivity index (χ2n) is 3.01. The molecule has 0 amide bonds. The van der Waals surface area contributed by atoms with Crippen molar-refractivity contribution in [3.05, 3.63) is 35.6 Å². The molecule has 1 aromatic heterocycles. The summed E-state index contributed by atoms with van der Waals surface area (Å²) in [5.74, 6) is 0.698. The van der Waals surface area contributed by atoms with Crippen molar-refractivity contribution in [1.82, 2.24) is 0 Å². The van der Waals surface area contributed by atoms with Gasteiger partial charge in [-0.3, -0.25) is 0 Å². The van der Waals surface area contributed by atoms with Crippen molar-refractivity contribution in [2.75, 3.05) is 0 Å². The molecular formula is C11H12O2. The van der Waals surface area contributed by atoms with Crippen molar-refractivity contribution in [2.24, 2.45) is 0 Å². The van der Waals surface area contributed by atoms with Crippen LogP contribution >= 0.6 is 0 Å². The molecule has 2 rings (SSSR count). The zero-order valence-corrected chi connectivity index (χ0v) is 7.58. The van der Waals surface area contributed by atoms with Gasteiger partial charge < -0.3 is 9.52 Å². The Balaban J connectivity index is 2.73. The van der Waals surface area contributed by atoms with Crippen LogP contribution in [0.1, 0.15) is 18.2 Å². The summed E-state index contributed by atoms with van der Waals surface area (Å²) in [4.78, 5) is 0. The van der Waals surface area contributed by atoms with E-state index in [1.54, 1.807) is 0 Å². The van der Waals surface area contributed by atoms with Crippen molar-refractivity contribution >= 4 is 11.0 Å². The highest BCUT2D eigenvalue weighted by Crippen LogP contribution is 2.25. The van der Waals surface area contributed by atoms with Gasteiger partial charge in [-0.1, -0.05) is 25.1 Å². The second kappa shape index (κ2) is 3.23. The number of hydrogen-bond acceptors (Lipinski definition) is 2. The summed E-state index contributed by atoms with van der Waals surface area (Å²) in [5, 5.41) is 10.2. The van der Waals surface area contributed by atoms with Crippen molar-refractivity contribution in [2.45, 2.75) is 20.0 Å². The number of para-hydroxylation sites is 1. The summed E-state index contributed by atoms with van der Waals surface area (Å²) in [6.07, 6.45) is 0.896. The third-order valence-corrected chi connectivity index (χ3v) is 2.28. The van der Waals surface area contributed by atoms with E-state index < -0.39 is 0 Å². The summed E-state index contributed by atoms with van der Waals surface area (Å²) in [6.45, 7) is 2.05. The van der Waals surface area contributed by atoms with E-state index in [2.05, 4.69) is 6.92 Å². The Morgan fingerprint density at radius 3 is 2.77 bits per heavy atom. The SMILES string of the molecule is CCc1c(CO)oc2ccccc12. The fraction of sp³-hybridized carbons (Fsp3) is 0.273. The first-order valence-electron chi connectivity index (χ1n) is 4.47. The molecule has 13 heavy (non-hydrogen) atoms. The molecule has 0 saturated heterocycles. The van der Waals surface area contributed by atoms with Gasteiger partial charge in [-0.15, -0.1) is 0 Å². The lowest BCUT2D eigenvalue weighted by Crippen LogP contribution is -1.85. The minimum Gasteiger partial charge on any atom is -0.458 e. The van der Waals surface area contributed by atoms with Crippen LogP contribution in [0.25, 0.3) is 11.0 Å². The molecule has 0 spiro atoms. The Labute approximate surface area is 76.8 Å². The molecule has 0 unspecified atom stereocenters. The van der Waals surface area contributed by atoms with Crippen molar-refractivity contribution in [3.8, 4) is 0 Å². The zero-order valence-electron chi connectivity index (χ0n) is 7.58. The molecule has 2 nitrogen and oxygen atoms in total. The highest BCUT2D eigenvalue weighted by Gasteiger charge is 2.10. The third kappa shape index (κ3) is 1.23. The van der Waals surface area contributed by atoms with Gasteiger partial charge in [0.15, 0.2) is 0 Å². The molecule has 68 valence electrons. The quantitative estimate of drug-likeness (QED) is 0.762. The Hall–Kier alpha value is -1.28. The van der Waals surface area contributed by atoms with Gasteiger partial charge in [0.05, 0.1) is 0 Å². The van der Waals surface area contributed by atoms with Crippen molar-refractivity contribution < 1.29 is 9.52 Å². The maximum atomic E-state index is 9.06. The van der Waals surface area contributed by atoms with E-state index >= 15 is 0 Å². The average Bonchev–Trinajstić information content (AvgIpc) is 2.55. The van der Waals surface area contributed by atoms with Crippen LogP contribution in [0.5, 0.6) is 0 Å². The van der Waals surface area contributed by atoms with Crippen LogP contribution in [0.3, 0.4) is 0 Å². The topological polar surface area (TPSA) is 33.4 Å². The highest BCUT2D eigenvalue weighted by molar-refractivity contribution is 5.82. The van der Waals surface area contributed by atoms with Gasteiger partial charge >= 0.3 is 0 Å². The molecule has 0 aliphatic heterocycles. The molecule has 1 aromatic carbocycles. The maximum absolute atomic E-state index is 9.06. The van der Waals surface area contributed by atoms with Gasteiger partial charge in [0.1, 0.15) is 18.0 Å². The number of aliphatic hydroxyl groups excluding tert-OH is 1. The minimum atomic E-state index is -0.0160. The van der Waals surface area contributed by atoms with Gasteiger partial charge in [-0.25, -0.2) is 0 Å². The molecule has 2 aromatic rings. The van der Waals surface area contributed by atoms with E-state index in [0.29, 0.717) is 5.76 Å². The minimum absolute atomic E-state index is 0.0160. The molecule has 1 heterocycles. The Morgan fingerprint density at radius 1 is 1.31 bits per heavy atom. The predicted octanol–water partition coefficient (Wildman–Crippen LogP) is 2.49. The number of hydrogen-bond donors (Lipinski definition) is 1. The number of aliphatic hydroxyl groups is 1. The Bertz CT molecular complexity index is 415. The zero-order chi connectivity index (χ0) is 9.26. The summed E-state index contributed by atoms with van der Waals surface area (Å²) < 4.78 is 5.49. The first-order chi connectivity index (χ1) is 6.36. The second-order valence-corrected chi connectivity index (χ2v) is 3.01. The number of benzene rings is 1. The summed E-state index contributed by atoms with van der Waals surface area (Å²) >= 11 is 0. The van der Waals surface area contributed by atoms with Crippen LogP contribution in [-0.2, 0) is 13.0 Å². The number of rotatable bonds is 2. The standard InChI is InChI=1S/C11H12O2/c1-2-8-9-5-3-4-6-10(9)13-11(8)7-12/h3-6,12H,2,7H2,1H3. The smallest absolute Gasteiger partial charge is 0.134 e. The molecular weight excluding hydrogens is 164 g/mol. The fourth-order valence-electron chi connectivity index (χ4n) is 1.66. The highest BCUT2D eigenvalue weighted by atomic mass is 16.4. The van der Waals surface area contributed by atoms with Crippen LogP contribution in [-0.4, -0.2) is 5.11 Å². The van der Waals surface area contributed by atoms with Crippen LogP contribution in [0.15, 0.2) is 28.7 Å². The van der Waals surface area contributed by atoms with Crippen molar-refractivity contribution in [1.29, 1.82) is 0 Å². The Morgan fingerprint density at radius 2 is 2.08 bits per heavy atom. The van der Waals surface area contributed by atoms with Gasteiger partial charge in [0, 0.05) is 10.9 Å². The normalized spacial score (nSPS) is 10.9. The molecule has 0 radical (unpaired) electrons. The largest absolute Gasteiger partial charge is 0.458 e. The monoisotopic (exact) mass is 176 g/mol. The predicted molar refractivity (Wildman–Crippen MR) is 51.5 cm³/mol. The molecule has 0 aliphatic carbocycles. The van der Waals surface area contributed by atoms with Gasteiger partial charge in [-0.2, -0.15) is 0 Å². The summed E-state index contributed by atoms with van der Waals surface area (Å²) in [6, 6.07) is 7.87. The molecule has 0 fully saturated rings. The fourth-order valence-corrected chi connectivity index (χ4v) is 1.66. The maximum Gasteiger partial charge on any atom is 0.134 e. The van der Waals surface area contributed by atoms with Crippen LogP contribution in [0, 0.1) is 0 Å². The van der Waals surface area contributed by atoms with Crippen LogP contribution < -0.4 is 0 Å². The van der Waals surface area contributed by atoms with E-state index in [4.69, 9.17) is 9.52 Å². The Kier molecular flexibility index (Phi) is 2.07. The lowest BCUT2D eigenvalue weighted by molar-refractivity contribution is 0.249. The van der Waals surface area contributed by atoms with E-state index in [1.165, 1.54) is 0 Å². The summed E-state index contributed by atoms with van der Waals surface area (Å²) in [5.41, 5.74) is 1.99. The molecule has 0 aliphatic rings. The average molecular weight is 176 g/mol.